The van der Waals surface area contributed by atoms with E-state index in [1.165, 1.54) is 25.7 Å². The first-order chi connectivity index (χ1) is 8.49. The summed E-state index contributed by atoms with van der Waals surface area (Å²) in [5, 5.41) is 3.47. The summed E-state index contributed by atoms with van der Waals surface area (Å²) in [6, 6.07) is 0.480. The molecule has 2 aliphatic rings. The first-order valence-electron chi connectivity index (χ1n) is 7.57. The Bertz CT molecular complexity index is 299. The van der Waals surface area contributed by atoms with Gasteiger partial charge in [-0.2, -0.15) is 0 Å². The molecule has 4 atom stereocenters. The lowest BCUT2D eigenvalue weighted by molar-refractivity contribution is -0.133. The molecule has 3 heteroatoms. The van der Waals surface area contributed by atoms with Crippen LogP contribution >= 0.6 is 0 Å². The number of carbonyl (C=O) groups is 1. The normalized spacial score (nSPS) is 37.6. The molecule has 0 spiro atoms. The van der Waals surface area contributed by atoms with E-state index in [0.29, 0.717) is 17.9 Å². The molecule has 2 rings (SSSR count). The van der Waals surface area contributed by atoms with Crippen LogP contribution in [0.15, 0.2) is 0 Å². The van der Waals surface area contributed by atoms with Crippen molar-refractivity contribution in [2.75, 3.05) is 0 Å². The van der Waals surface area contributed by atoms with Gasteiger partial charge in [0.2, 0.25) is 5.91 Å². The number of carbonyl (C=O) groups excluding carboxylic acids is 1. The molecule has 1 heterocycles. The zero-order valence-electron chi connectivity index (χ0n) is 12.3. The molecule has 2 fully saturated rings. The van der Waals surface area contributed by atoms with Crippen LogP contribution in [0.3, 0.4) is 0 Å². The summed E-state index contributed by atoms with van der Waals surface area (Å²) in [7, 11) is 0. The Labute approximate surface area is 111 Å². The van der Waals surface area contributed by atoms with E-state index in [9.17, 15) is 4.79 Å². The van der Waals surface area contributed by atoms with Gasteiger partial charge in [0.25, 0.3) is 0 Å². The Morgan fingerprint density at radius 2 is 2.06 bits per heavy atom. The SMILES string of the molecule is CC(C)CC1NC(C)C(=O)N1C1CCCC(C)C1. The lowest BCUT2D eigenvalue weighted by Gasteiger charge is -2.38. The third-order valence-corrected chi connectivity index (χ3v) is 4.40. The molecule has 1 aliphatic heterocycles. The molecule has 104 valence electrons. The monoisotopic (exact) mass is 252 g/mol. The molecule has 0 bridgehead atoms. The lowest BCUT2D eigenvalue weighted by atomic mass is 9.86. The van der Waals surface area contributed by atoms with Crippen molar-refractivity contribution in [3.05, 3.63) is 0 Å². The highest BCUT2D eigenvalue weighted by molar-refractivity contribution is 5.84. The Balaban J connectivity index is 2.08. The third-order valence-electron chi connectivity index (χ3n) is 4.40. The average molecular weight is 252 g/mol. The molecule has 1 N–H and O–H groups in total. The van der Waals surface area contributed by atoms with Crippen LogP contribution < -0.4 is 5.32 Å². The molecular weight excluding hydrogens is 224 g/mol. The van der Waals surface area contributed by atoms with Crippen molar-refractivity contribution in [2.45, 2.75) is 78.0 Å². The van der Waals surface area contributed by atoms with E-state index >= 15 is 0 Å². The van der Waals surface area contributed by atoms with E-state index in [4.69, 9.17) is 0 Å². The summed E-state index contributed by atoms with van der Waals surface area (Å²) in [4.78, 5) is 14.5. The van der Waals surface area contributed by atoms with Gasteiger partial charge in [-0.25, -0.2) is 0 Å². The highest BCUT2D eigenvalue weighted by Gasteiger charge is 2.41. The number of hydrogen-bond acceptors (Lipinski definition) is 2. The Hall–Kier alpha value is -0.570. The highest BCUT2D eigenvalue weighted by Crippen LogP contribution is 2.31. The minimum atomic E-state index is 0.00554. The molecule has 3 nitrogen and oxygen atoms in total. The predicted octanol–water partition coefficient (Wildman–Crippen LogP) is 2.76. The molecule has 18 heavy (non-hydrogen) atoms. The van der Waals surface area contributed by atoms with Gasteiger partial charge in [-0.1, -0.05) is 33.6 Å². The third kappa shape index (κ3) is 2.87. The Morgan fingerprint density at radius 1 is 1.33 bits per heavy atom. The lowest BCUT2D eigenvalue weighted by Crippen LogP contribution is -2.47. The summed E-state index contributed by atoms with van der Waals surface area (Å²) in [6.07, 6.45) is 6.33. The average Bonchev–Trinajstić information content (AvgIpc) is 2.53. The van der Waals surface area contributed by atoms with Gasteiger partial charge in [-0.3, -0.25) is 10.1 Å². The van der Waals surface area contributed by atoms with Gasteiger partial charge < -0.3 is 4.90 Å². The zero-order valence-corrected chi connectivity index (χ0v) is 12.3. The minimum Gasteiger partial charge on any atom is -0.323 e. The van der Waals surface area contributed by atoms with E-state index in [1.807, 2.05) is 6.92 Å². The Kier molecular flexibility index (Phi) is 4.31. The van der Waals surface area contributed by atoms with Gasteiger partial charge in [0.1, 0.15) is 0 Å². The van der Waals surface area contributed by atoms with Crippen LogP contribution in [0.1, 0.15) is 59.8 Å². The van der Waals surface area contributed by atoms with Crippen molar-refractivity contribution < 1.29 is 4.79 Å². The van der Waals surface area contributed by atoms with Crippen molar-refractivity contribution >= 4 is 5.91 Å². The minimum absolute atomic E-state index is 0.00554. The van der Waals surface area contributed by atoms with Crippen LogP contribution in [0, 0.1) is 11.8 Å². The van der Waals surface area contributed by atoms with Crippen molar-refractivity contribution in [1.82, 2.24) is 10.2 Å². The van der Waals surface area contributed by atoms with Crippen LogP contribution in [-0.2, 0) is 4.79 Å². The maximum atomic E-state index is 12.4. The molecule has 0 aromatic carbocycles. The molecule has 1 amide bonds. The smallest absolute Gasteiger partial charge is 0.240 e. The van der Waals surface area contributed by atoms with Crippen LogP contribution in [0.4, 0.5) is 0 Å². The molecule has 1 saturated heterocycles. The fraction of sp³-hybridized carbons (Fsp3) is 0.933. The fourth-order valence-corrected chi connectivity index (χ4v) is 3.53. The first kappa shape index (κ1) is 13.9. The number of rotatable bonds is 3. The molecule has 1 aliphatic carbocycles. The Morgan fingerprint density at radius 3 is 2.67 bits per heavy atom. The van der Waals surface area contributed by atoms with Crippen LogP contribution in [-0.4, -0.2) is 29.1 Å². The zero-order chi connectivity index (χ0) is 13.3. The summed E-state index contributed by atoms with van der Waals surface area (Å²) < 4.78 is 0. The second-order valence-corrected chi connectivity index (χ2v) is 6.70. The maximum Gasteiger partial charge on any atom is 0.240 e. The van der Waals surface area contributed by atoms with E-state index in [-0.39, 0.29) is 12.2 Å². The van der Waals surface area contributed by atoms with Crippen molar-refractivity contribution in [1.29, 1.82) is 0 Å². The fourth-order valence-electron chi connectivity index (χ4n) is 3.53. The van der Waals surface area contributed by atoms with Crippen molar-refractivity contribution in [3.63, 3.8) is 0 Å². The molecule has 0 aromatic rings. The maximum absolute atomic E-state index is 12.4. The van der Waals surface area contributed by atoms with Gasteiger partial charge in [0, 0.05) is 6.04 Å². The second kappa shape index (κ2) is 5.60. The number of nitrogens with one attached hydrogen (secondary N) is 1. The van der Waals surface area contributed by atoms with Gasteiger partial charge in [0.15, 0.2) is 0 Å². The predicted molar refractivity (Wildman–Crippen MR) is 74.1 cm³/mol. The molecule has 0 radical (unpaired) electrons. The topological polar surface area (TPSA) is 32.3 Å². The number of nitrogens with zero attached hydrogens (tertiary/aromatic N) is 1. The standard InChI is InChI=1S/C15H28N2O/c1-10(2)8-14-16-12(4)15(18)17(14)13-7-5-6-11(3)9-13/h10-14,16H,5-9H2,1-4H3. The highest BCUT2D eigenvalue weighted by atomic mass is 16.2. The van der Waals surface area contributed by atoms with Gasteiger partial charge in [-0.15, -0.1) is 0 Å². The van der Waals surface area contributed by atoms with E-state index in [2.05, 4.69) is 31.0 Å². The summed E-state index contributed by atoms with van der Waals surface area (Å²) >= 11 is 0. The molecule has 4 unspecified atom stereocenters. The van der Waals surface area contributed by atoms with Gasteiger partial charge in [-0.05, 0) is 38.0 Å². The van der Waals surface area contributed by atoms with Crippen molar-refractivity contribution in [3.8, 4) is 0 Å². The summed E-state index contributed by atoms with van der Waals surface area (Å²) in [5.74, 6) is 1.72. The number of amides is 1. The summed E-state index contributed by atoms with van der Waals surface area (Å²) in [5.41, 5.74) is 0. The van der Waals surface area contributed by atoms with Crippen LogP contribution in [0.2, 0.25) is 0 Å². The molecule has 1 saturated carbocycles. The molecular formula is C15H28N2O. The molecule has 0 aromatic heterocycles. The number of hydrogen-bond donors (Lipinski definition) is 1. The summed E-state index contributed by atoms with van der Waals surface area (Å²) in [6.45, 7) is 8.79. The quantitative estimate of drug-likeness (QED) is 0.837. The van der Waals surface area contributed by atoms with Crippen LogP contribution in [0.5, 0.6) is 0 Å². The largest absolute Gasteiger partial charge is 0.323 e. The van der Waals surface area contributed by atoms with E-state index in [0.717, 1.165) is 12.3 Å². The van der Waals surface area contributed by atoms with Crippen LogP contribution in [0.25, 0.3) is 0 Å². The first-order valence-corrected chi connectivity index (χ1v) is 7.57. The second-order valence-electron chi connectivity index (χ2n) is 6.70. The van der Waals surface area contributed by atoms with E-state index < -0.39 is 0 Å². The van der Waals surface area contributed by atoms with Gasteiger partial charge in [0.05, 0.1) is 12.2 Å². The van der Waals surface area contributed by atoms with E-state index in [1.54, 1.807) is 0 Å². The van der Waals surface area contributed by atoms with Gasteiger partial charge >= 0.3 is 0 Å². The van der Waals surface area contributed by atoms with Crippen molar-refractivity contribution in [2.24, 2.45) is 11.8 Å².